The Hall–Kier alpha value is -3.64. The molecule has 191 valence electrons. The third-order valence-corrected chi connectivity index (χ3v) is 8.17. The van der Waals surface area contributed by atoms with E-state index in [9.17, 15) is 9.59 Å². The lowest BCUT2D eigenvalue weighted by atomic mass is 9.98. The van der Waals surface area contributed by atoms with Gasteiger partial charge in [-0.3, -0.25) is 0 Å². The number of allylic oxidation sites excluding steroid dienone is 1. The van der Waals surface area contributed by atoms with Crippen molar-refractivity contribution in [3.63, 3.8) is 0 Å². The molecule has 0 heterocycles. The Morgan fingerprint density at radius 2 is 1.49 bits per heavy atom. The van der Waals surface area contributed by atoms with Gasteiger partial charge in [0.25, 0.3) is 0 Å². The summed E-state index contributed by atoms with van der Waals surface area (Å²) < 4.78 is 13.0. The summed E-state index contributed by atoms with van der Waals surface area (Å²) in [4.78, 5) is 26.6. The molecule has 1 aliphatic carbocycles. The largest absolute Gasteiger partial charge is 0.464 e. The molecule has 1 aliphatic rings. The maximum atomic E-state index is 13.6. The monoisotopic (exact) mass is 512 g/mol. The highest BCUT2D eigenvalue weighted by Gasteiger charge is 2.36. The van der Waals surface area contributed by atoms with Gasteiger partial charge in [-0.2, -0.15) is 0 Å². The number of carbonyl (C=O) groups excluding carboxylic acids is 2. The molecule has 6 heteroatoms. The van der Waals surface area contributed by atoms with E-state index in [-0.39, 0.29) is 19.1 Å². The van der Waals surface area contributed by atoms with E-state index in [1.54, 1.807) is 11.5 Å². The number of nitrogens with zero attached hydrogens (tertiary/aromatic N) is 1. The SMILES string of the molecule is C=CCc1ccc(C[C@@H](C(=O)OCC)N(C(=O)OCC2c3ccccc3-c3ccccc32)[Si](C)C)cc1. The standard InChI is InChI=1S/C31H34NO4Si/c1-5-11-22-16-18-23(19-17-22)20-29(30(33)35-6-2)32(37(3)4)31(34)36-21-28-26-14-9-7-12-24(26)25-13-8-10-15-27(25)28/h5,7-10,12-19,28-29H,1,6,11,20-21H2,2-4H3/t29-/m0/s1. The van der Waals surface area contributed by atoms with E-state index in [4.69, 9.17) is 9.47 Å². The van der Waals surface area contributed by atoms with Crippen molar-refractivity contribution in [2.75, 3.05) is 13.2 Å². The Morgan fingerprint density at radius 3 is 2.03 bits per heavy atom. The van der Waals surface area contributed by atoms with Gasteiger partial charge in [0, 0.05) is 12.3 Å². The number of rotatable bonds is 10. The fourth-order valence-electron chi connectivity index (χ4n) is 5.00. The van der Waals surface area contributed by atoms with Crippen molar-refractivity contribution in [3.05, 3.63) is 108 Å². The third kappa shape index (κ3) is 5.86. The first-order valence-corrected chi connectivity index (χ1v) is 15.2. The first-order valence-electron chi connectivity index (χ1n) is 12.7. The zero-order valence-corrected chi connectivity index (χ0v) is 22.8. The summed E-state index contributed by atoms with van der Waals surface area (Å²) >= 11 is 0. The lowest BCUT2D eigenvalue weighted by Crippen LogP contribution is -2.53. The number of esters is 1. The minimum Gasteiger partial charge on any atom is -0.464 e. The van der Waals surface area contributed by atoms with E-state index < -0.39 is 27.1 Å². The number of amides is 1. The van der Waals surface area contributed by atoms with E-state index in [0.29, 0.717) is 6.42 Å². The maximum Gasteiger partial charge on any atom is 0.402 e. The van der Waals surface area contributed by atoms with Crippen LogP contribution in [0.3, 0.4) is 0 Å². The number of benzene rings is 3. The molecule has 0 saturated heterocycles. The van der Waals surface area contributed by atoms with Crippen LogP contribution >= 0.6 is 0 Å². The van der Waals surface area contributed by atoms with Gasteiger partial charge in [-0.05, 0) is 46.7 Å². The number of hydrogen-bond donors (Lipinski definition) is 0. The zero-order chi connectivity index (χ0) is 26.4. The lowest BCUT2D eigenvalue weighted by Gasteiger charge is -2.32. The predicted molar refractivity (Wildman–Crippen MR) is 149 cm³/mol. The second-order valence-corrected chi connectivity index (χ2v) is 11.8. The second kappa shape index (κ2) is 12.1. The molecule has 4 rings (SSSR count). The van der Waals surface area contributed by atoms with Crippen molar-refractivity contribution in [1.29, 1.82) is 0 Å². The highest BCUT2D eigenvalue weighted by molar-refractivity contribution is 6.55. The van der Waals surface area contributed by atoms with Gasteiger partial charge < -0.3 is 14.0 Å². The van der Waals surface area contributed by atoms with Gasteiger partial charge in [0.2, 0.25) is 0 Å². The third-order valence-electron chi connectivity index (χ3n) is 6.72. The lowest BCUT2D eigenvalue weighted by molar-refractivity contribution is -0.147. The molecule has 37 heavy (non-hydrogen) atoms. The van der Waals surface area contributed by atoms with E-state index >= 15 is 0 Å². The van der Waals surface area contributed by atoms with Crippen LogP contribution in [0.4, 0.5) is 4.79 Å². The van der Waals surface area contributed by atoms with Crippen molar-refractivity contribution in [2.24, 2.45) is 0 Å². The van der Waals surface area contributed by atoms with Crippen molar-refractivity contribution in [3.8, 4) is 11.1 Å². The van der Waals surface area contributed by atoms with Crippen LogP contribution in [0.2, 0.25) is 13.1 Å². The zero-order valence-electron chi connectivity index (χ0n) is 21.8. The van der Waals surface area contributed by atoms with Gasteiger partial charge in [0.05, 0.1) is 6.61 Å². The molecule has 0 spiro atoms. The summed E-state index contributed by atoms with van der Waals surface area (Å²) in [5.41, 5.74) is 6.78. The fraction of sp³-hybridized carbons (Fsp3) is 0.290. The van der Waals surface area contributed by atoms with Crippen LogP contribution in [0, 0.1) is 0 Å². The number of hydrogen-bond acceptors (Lipinski definition) is 4. The average Bonchev–Trinajstić information content (AvgIpc) is 3.22. The van der Waals surface area contributed by atoms with Gasteiger partial charge in [-0.15, -0.1) is 6.58 Å². The predicted octanol–water partition coefficient (Wildman–Crippen LogP) is 6.39. The summed E-state index contributed by atoms with van der Waals surface area (Å²) in [6.45, 7) is 10.0. The highest BCUT2D eigenvalue weighted by Crippen LogP contribution is 2.44. The molecule has 0 bridgehead atoms. The fourth-order valence-corrected chi connectivity index (χ4v) is 6.25. The molecule has 0 aromatic heterocycles. The first kappa shape index (κ1) is 26.4. The molecule has 0 N–H and O–H groups in total. The molecule has 0 saturated carbocycles. The Balaban J connectivity index is 1.55. The quantitative estimate of drug-likeness (QED) is 0.179. The van der Waals surface area contributed by atoms with Gasteiger partial charge in [-0.1, -0.05) is 92.0 Å². The Kier molecular flexibility index (Phi) is 8.61. The van der Waals surface area contributed by atoms with Crippen LogP contribution in [0.15, 0.2) is 85.5 Å². The van der Waals surface area contributed by atoms with Gasteiger partial charge in [0.1, 0.15) is 12.6 Å². The van der Waals surface area contributed by atoms with Crippen LogP contribution in [-0.2, 0) is 27.1 Å². The number of fused-ring (bicyclic) bond motifs is 3. The van der Waals surface area contributed by atoms with Crippen molar-refractivity contribution in [1.82, 2.24) is 4.57 Å². The molecule has 5 nitrogen and oxygen atoms in total. The molecule has 1 atom stereocenters. The van der Waals surface area contributed by atoms with Crippen molar-refractivity contribution >= 4 is 21.0 Å². The maximum absolute atomic E-state index is 13.6. The summed E-state index contributed by atoms with van der Waals surface area (Å²) in [7, 11) is -1.39. The topological polar surface area (TPSA) is 55.8 Å². The number of ether oxygens (including phenoxy) is 2. The van der Waals surface area contributed by atoms with Gasteiger partial charge in [-0.25, -0.2) is 9.59 Å². The Morgan fingerprint density at radius 1 is 0.919 bits per heavy atom. The van der Waals surface area contributed by atoms with Crippen molar-refractivity contribution in [2.45, 2.75) is 44.8 Å². The van der Waals surface area contributed by atoms with Gasteiger partial charge >= 0.3 is 12.1 Å². The number of carbonyl (C=O) groups is 2. The van der Waals surface area contributed by atoms with E-state index in [1.807, 2.05) is 67.7 Å². The summed E-state index contributed by atoms with van der Waals surface area (Å²) in [6, 6.07) is 23.8. The van der Waals surface area contributed by atoms with E-state index in [1.165, 1.54) is 11.1 Å². The molecule has 0 unspecified atom stereocenters. The molecule has 0 fully saturated rings. The van der Waals surface area contributed by atoms with Crippen molar-refractivity contribution < 1.29 is 19.1 Å². The Labute approximate surface area is 221 Å². The molecule has 3 aromatic carbocycles. The first-order chi connectivity index (χ1) is 17.9. The van der Waals surface area contributed by atoms with E-state index in [0.717, 1.165) is 28.7 Å². The summed E-state index contributed by atoms with van der Waals surface area (Å²) in [5.74, 6) is -0.446. The van der Waals surface area contributed by atoms with Crippen LogP contribution in [0.25, 0.3) is 11.1 Å². The molecule has 1 amide bonds. The van der Waals surface area contributed by atoms with Crippen LogP contribution < -0.4 is 0 Å². The molecular formula is C31H34NO4Si. The molecule has 3 aromatic rings. The van der Waals surface area contributed by atoms with Crippen LogP contribution in [0.5, 0.6) is 0 Å². The minimum absolute atomic E-state index is 0.0407. The van der Waals surface area contributed by atoms with Gasteiger partial charge in [0.15, 0.2) is 8.96 Å². The second-order valence-electron chi connectivity index (χ2n) is 9.40. The Bertz CT molecular complexity index is 1210. The summed E-state index contributed by atoms with van der Waals surface area (Å²) in [5, 5.41) is 0. The van der Waals surface area contributed by atoms with Crippen LogP contribution in [-0.4, -0.2) is 44.8 Å². The highest BCUT2D eigenvalue weighted by atomic mass is 28.3. The van der Waals surface area contributed by atoms with Crippen LogP contribution in [0.1, 0.15) is 35.1 Å². The molecular weight excluding hydrogens is 478 g/mol. The smallest absolute Gasteiger partial charge is 0.402 e. The molecule has 1 radical (unpaired) electrons. The normalized spacial score (nSPS) is 13.0. The molecule has 0 aliphatic heterocycles. The van der Waals surface area contributed by atoms with E-state index in [2.05, 4.69) is 30.8 Å². The summed E-state index contributed by atoms with van der Waals surface area (Å²) in [6.07, 6.45) is 2.54. The minimum atomic E-state index is -1.39. The average molecular weight is 513 g/mol.